The van der Waals surface area contributed by atoms with Gasteiger partial charge in [-0.15, -0.1) is 0 Å². The molecule has 148 valence electrons. The van der Waals surface area contributed by atoms with E-state index in [4.69, 9.17) is 9.47 Å². The van der Waals surface area contributed by atoms with Gasteiger partial charge in [0.15, 0.2) is 0 Å². The van der Waals surface area contributed by atoms with Crippen molar-refractivity contribution in [2.75, 3.05) is 26.1 Å². The van der Waals surface area contributed by atoms with Gasteiger partial charge >= 0.3 is 0 Å². The lowest BCUT2D eigenvalue weighted by Gasteiger charge is -2.18. The number of ether oxygens (including phenoxy) is 2. The minimum Gasteiger partial charge on any atom is -0.497 e. The number of H-pyrrole nitrogens is 1. The molecule has 7 nitrogen and oxygen atoms in total. The average molecular weight is 382 g/mol. The molecule has 1 atom stereocenters. The van der Waals surface area contributed by atoms with Crippen LogP contribution in [0.5, 0.6) is 11.5 Å². The number of anilines is 1. The number of carbonyl (C=O) groups is 1. The van der Waals surface area contributed by atoms with Gasteiger partial charge in [-0.05, 0) is 30.7 Å². The van der Waals surface area contributed by atoms with Gasteiger partial charge in [0.1, 0.15) is 23.4 Å². The number of benzene rings is 2. The van der Waals surface area contributed by atoms with Gasteiger partial charge in [-0.2, -0.15) is 0 Å². The fraction of sp³-hybridized carbons (Fsp3) is 0.333. The summed E-state index contributed by atoms with van der Waals surface area (Å²) in [6, 6.07) is 12.9. The van der Waals surface area contributed by atoms with Crippen LogP contribution in [0.2, 0.25) is 0 Å². The summed E-state index contributed by atoms with van der Waals surface area (Å²) in [5.41, 5.74) is 2.66. The number of hydrogen-bond donors (Lipinski definition) is 3. The second kappa shape index (κ2) is 9.12. The Balaban J connectivity index is 1.54. The van der Waals surface area contributed by atoms with Crippen molar-refractivity contribution in [2.24, 2.45) is 0 Å². The van der Waals surface area contributed by atoms with Crippen LogP contribution in [0.15, 0.2) is 42.5 Å². The Morgan fingerprint density at radius 1 is 1.14 bits per heavy atom. The van der Waals surface area contributed by atoms with E-state index in [1.807, 2.05) is 49.4 Å². The van der Waals surface area contributed by atoms with E-state index < -0.39 is 0 Å². The first kappa shape index (κ1) is 19.5. The molecule has 1 amide bonds. The summed E-state index contributed by atoms with van der Waals surface area (Å²) in [5.74, 6) is 2.33. The molecule has 0 aliphatic heterocycles. The standard InChI is InChI=1S/C21H26N4O3/c1-4-17(23-14-6-5-7-15(12-14)27-2)21(26)22-11-10-20-24-18-9-8-16(28-3)13-19(18)25-20/h5-9,12-13,17,23H,4,10-11H2,1-3H3,(H,22,26)(H,24,25). The van der Waals surface area contributed by atoms with Crippen molar-refractivity contribution in [1.29, 1.82) is 0 Å². The smallest absolute Gasteiger partial charge is 0.242 e. The van der Waals surface area contributed by atoms with Crippen molar-refractivity contribution >= 4 is 22.6 Å². The molecule has 0 fully saturated rings. The zero-order valence-corrected chi connectivity index (χ0v) is 16.4. The number of methoxy groups -OCH3 is 2. The molecule has 1 aromatic heterocycles. The third kappa shape index (κ3) is 4.73. The van der Waals surface area contributed by atoms with Gasteiger partial charge in [-0.3, -0.25) is 4.79 Å². The number of imidazole rings is 1. The van der Waals surface area contributed by atoms with Crippen LogP contribution in [0, 0.1) is 0 Å². The highest BCUT2D eigenvalue weighted by molar-refractivity contribution is 5.84. The summed E-state index contributed by atoms with van der Waals surface area (Å²) in [5, 5.41) is 6.24. The largest absolute Gasteiger partial charge is 0.497 e. The maximum atomic E-state index is 12.5. The van der Waals surface area contributed by atoms with Gasteiger partial charge in [-0.1, -0.05) is 13.0 Å². The van der Waals surface area contributed by atoms with E-state index in [1.54, 1.807) is 14.2 Å². The molecule has 7 heteroatoms. The fourth-order valence-corrected chi connectivity index (χ4v) is 2.98. The summed E-state index contributed by atoms with van der Waals surface area (Å²) in [6.07, 6.45) is 1.30. The zero-order chi connectivity index (χ0) is 19.9. The van der Waals surface area contributed by atoms with Gasteiger partial charge in [0, 0.05) is 30.8 Å². The molecule has 1 unspecified atom stereocenters. The number of aromatic nitrogens is 2. The van der Waals surface area contributed by atoms with Crippen molar-refractivity contribution in [2.45, 2.75) is 25.8 Å². The molecule has 0 spiro atoms. The quantitative estimate of drug-likeness (QED) is 0.529. The van der Waals surface area contributed by atoms with Crippen LogP contribution in [0.25, 0.3) is 11.0 Å². The number of amides is 1. The Morgan fingerprint density at radius 2 is 1.93 bits per heavy atom. The van der Waals surface area contributed by atoms with E-state index in [2.05, 4.69) is 20.6 Å². The van der Waals surface area contributed by atoms with Crippen LogP contribution in [-0.4, -0.2) is 42.7 Å². The predicted octanol–water partition coefficient (Wildman–Crippen LogP) is 3.13. The summed E-state index contributed by atoms with van der Waals surface area (Å²) in [4.78, 5) is 20.3. The maximum absolute atomic E-state index is 12.5. The Morgan fingerprint density at radius 3 is 2.68 bits per heavy atom. The molecule has 3 rings (SSSR count). The number of aromatic amines is 1. The molecular weight excluding hydrogens is 356 g/mol. The molecular formula is C21H26N4O3. The predicted molar refractivity (Wildman–Crippen MR) is 110 cm³/mol. The number of hydrogen-bond acceptors (Lipinski definition) is 5. The van der Waals surface area contributed by atoms with Gasteiger partial charge in [0.25, 0.3) is 0 Å². The minimum absolute atomic E-state index is 0.0388. The monoisotopic (exact) mass is 382 g/mol. The topological polar surface area (TPSA) is 88.3 Å². The van der Waals surface area contributed by atoms with Crippen LogP contribution in [-0.2, 0) is 11.2 Å². The van der Waals surface area contributed by atoms with E-state index in [9.17, 15) is 4.79 Å². The lowest BCUT2D eigenvalue weighted by Crippen LogP contribution is -2.40. The van der Waals surface area contributed by atoms with Crippen LogP contribution in [0.4, 0.5) is 5.69 Å². The Hall–Kier alpha value is -3.22. The van der Waals surface area contributed by atoms with E-state index in [0.29, 0.717) is 19.4 Å². The van der Waals surface area contributed by atoms with Crippen LogP contribution >= 0.6 is 0 Å². The highest BCUT2D eigenvalue weighted by Crippen LogP contribution is 2.19. The Kier molecular flexibility index (Phi) is 6.37. The first-order valence-electron chi connectivity index (χ1n) is 9.34. The average Bonchev–Trinajstić information content (AvgIpc) is 3.13. The zero-order valence-electron chi connectivity index (χ0n) is 16.4. The maximum Gasteiger partial charge on any atom is 0.242 e. The lowest BCUT2D eigenvalue weighted by molar-refractivity contribution is -0.121. The third-order valence-electron chi connectivity index (χ3n) is 4.53. The van der Waals surface area contributed by atoms with E-state index in [0.717, 1.165) is 34.0 Å². The molecule has 1 heterocycles. The molecule has 3 N–H and O–H groups in total. The molecule has 0 saturated carbocycles. The molecule has 0 aliphatic rings. The highest BCUT2D eigenvalue weighted by Gasteiger charge is 2.16. The third-order valence-corrected chi connectivity index (χ3v) is 4.53. The summed E-state index contributed by atoms with van der Waals surface area (Å²) in [6.45, 7) is 2.48. The van der Waals surface area contributed by atoms with Crippen molar-refractivity contribution in [3.8, 4) is 11.5 Å². The summed E-state index contributed by atoms with van der Waals surface area (Å²) < 4.78 is 10.5. The molecule has 0 radical (unpaired) electrons. The SMILES string of the molecule is CCC(Nc1cccc(OC)c1)C(=O)NCCc1nc2ccc(OC)cc2[nH]1. The van der Waals surface area contributed by atoms with Crippen LogP contribution in [0.3, 0.4) is 0 Å². The van der Waals surface area contributed by atoms with E-state index >= 15 is 0 Å². The minimum atomic E-state index is -0.313. The van der Waals surface area contributed by atoms with Crippen molar-refractivity contribution in [1.82, 2.24) is 15.3 Å². The van der Waals surface area contributed by atoms with E-state index in [1.165, 1.54) is 0 Å². The molecule has 0 aliphatic carbocycles. The second-order valence-electron chi connectivity index (χ2n) is 6.44. The Labute approximate surface area is 164 Å². The van der Waals surface area contributed by atoms with Gasteiger partial charge in [0.05, 0.1) is 25.3 Å². The fourth-order valence-electron chi connectivity index (χ4n) is 2.98. The molecule has 2 aromatic carbocycles. The molecule has 0 saturated heterocycles. The summed E-state index contributed by atoms with van der Waals surface area (Å²) >= 11 is 0. The number of fused-ring (bicyclic) bond motifs is 1. The molecule has 3 aromatic rings. The molecule has 0 bridgehead atoms. The highest BCUT2D eigenvalue weighted by atomic mass is 16.5. The first-order valence-corrected chi connectivity index (χ1v) is 9.34. The number of nitrogens with zero attached hydrogens (tertiary/aromatic N) is 1. The van der Waals surface area contributed by atoms with Gasteiger partial charge < -0.3 is 25.1 Å². The second-order valence-corrected chi connectivity index (χ2v) is 6.44. The van der Waals surface area contributed by atoms with Crippen molar-refractivity contribution in [3.05, 3.63) is 48.3 Å². The van der Waals surface area contributed by atoms with Gasteiger partial charge in [-0.25, -0.2) is 4.98 Å². The number of rotatable bonds is 9. The number of nitrogens with one attached hydrogen (secondary N) is 3. The van der Waals surface area contributed by atoms with Gasteiger partial charge in [0.2, 0.25) is 5.91 Å². The van der Waals surface area contributed by atoms with Crippen molar-refractivity contribution in [3.63, 3.8) is 0 Å². The van der Waals surface area contributed by atoms with E-state index in [-0.39, 0.29) is 11.9 Å². The van der Waals surface area contributed by atoms with Crippen molar-refractivity contribution < 1.29 is 14.3 Å². The van der Waals surface area contributed by atoms with Crippen LogP contribution in [0.1, 0.15) is 19.2 Å². The lowest BCUT2D eigenvalue weighted by atomic mass is 10.2. The Bertz CT molecular complexity index is 938. The number of carbonyl (C=O) groups excluding carboxylic acids is 1. The van der Waals surface area contributed by atoms with Crippen LogP contribution < -0.4 is 20.1 Å². The molecule has 28 heavy (non-hydrogen) atoms. The first-order chi connectivity index (χ1) is 13.6. The summed E-state index contributed by atoms with van der Waals surface area (Å²) in [7, 11) is 3.26. The normalized spacial score (nSPS) is 11.8.